The summed E-state index contributed by atoms with van der Waals surface area (Å²) in [5, 5.41) is 18.6. The molecule has 1 atom stereocenters. The molecular formula is C16H19NO2. The number of aromatic nitrogens is 1. The summed E-state index contributed by atoms with van der Waals surface area (Å²) in [4.78, 5) is 4.31. The first-order chi connectivity index (χ1) is 9.19. The molecule has 0 bridgehead atoms. The average molecular weight is 257 g/mol. The zero-order valence-corrected chi connectivity index (χ0v) is 11.1. The molecule has 19 heavy (non-hydrogen) atoms. The van der Waals surface area contributed by atoms with Crippen LogP contribution in [0.4, 0.5) is 0 Å². The van der Waals surface area contributed by atoms with E-state index in [9.17, 15) is 10.2 Å². The van der Waals surface area contributed by atoms with Crippen LogP contribution in [-0.4, -0.2) is 15.2 Å². The van der Waals surface area contributed by atoms with E-state index in [1.807, 2.05) is 18.2 Å². The Morgan fingerprint density at radius 2 is 1.68 bits per heavy atom. The summed E-state index contributed by atoms with van der Waals surface area (Å²) in [7, 11) is 0. The van der Waals surface area contributed by atoms with E-state index in [1.165, 1.54) is 11.8 Å². The molecule has 0 fully saturated rings. The van der Waals surface area contributed by atoms with Crippen LogP contribution < -0.4 is 0 Å². The average Bonchev–Trinajstić information content (AvgIpc) is 2.42. The molecular weight excluding hydrogens is 238 g/mol. The Labute approximate surface area is 113 Å². The topological polar surface area (TPSA) is 53.4 Å². The van der Waals surface area contributed by atoms with Crippen LogP contribution in [-0.2, 0) is 6.42 Å². The van der Waals surface area contributed by atoms with E-state index in [1.54, 1.807) is 18.2 Å². The maximum atomic E-state index is 9.30. The molecule has 0 amide bonds. The summed E-state index contributed by atoms with van der Waals surface area (Å²) in [6, 6.07) is 10.9. The van der Waals surface area contributed by atoms with Crippen LogP contribution in [0.5, 0.6) is 11.5 Å². The molecule has 3 nitrogen and oxygen atoms in total. The molecule has 0 radical (unpaired) electrons. The Bertz CT molecular complexity index is 505. The zero-order valence-electron chi connectivity index (χ0n) is 11.1. The SMILES string of the molecule is CCCC(Cc1ccc(O)cc1)c1ccc(O)cn1. The fourth-order valence-electron chi connectivity index (χ4n) is 2.26. The summed E-state index contributed by atoms with van der Waals surface area (Å²) in [5.74, 6) is 0.831. The van der Waals surface area contributed by atoms with Crippen LogP contribution in [0, 0.1) is 0 Å². The lowest BCUT2D eigenvalue weighted by atomic mass is 9.91. The Hall–Kier alpha value is -2.03. The van der Waals surface area contributed by atoms with E-state index < -0.39 is 0 Å². The summed E-state index contributed by atoms with van der Waals surface area (Å²) in [6.45, 7) is 2.16. The van der Waals surface area contributed by atoms with Crippen molar-refractivity contribution in [2.45, 2.75) is 32.1 Å². The van der Waals surface area contributed by atoms with E-state index in [0.29, 0.717) is 11.7 Å². The first-order valence-electron chi connectivity index (χ1n) is 6.62. The molecule has 1 unspecified atom stereocenters. The second-order valence-corrected chi connectivity index (χ2v) is 4.80. The number of aromatic hydroxyl groups is 2. The summed E-state index contributed by atoms with van der Waals surface area (Å²) >= 11 is 0. The van der Waals surface area contributed by atoms with Gasteiger partial charge in [-0.15, -0.1) is 0 Å². The number of hydrogen-bond donors (Lipinski definition) is 2. The lowest BCUT2D eigenvalue weighted by Gasteiger charge is -2.16. The van der Waals surface area contributed by atoms with E-state index in [4.69, 9.17) is 0 Å². The molecule has 0 aliphatic carbocycles. The largest absolute Gasteiger partial charge is 0.508 e. The number of hydrogen-bond acceptors (Lipinski definition) is 3. The lowest BCUT2D eigenvalue weighted by Crippen LogP contribution is -2.05. The molecule has 2 aromatic rings. The van der Waals surface area contributed by atoms with Crippen molar-refractivity contribution in [3.05, 3.63) is 53.9 Å². The normalized spacial score (nSPS) is 12.3. The van der Waals surface area contributed by atoms with Gasteiger partial charge in [0.15, 0.2) is 0 Å². The summed E-state index contributed by atoms with van der Waals surface area (Å²) in [5.41, 5.74) is 2.19. The first-order valence-corrected chi connectivity index (χ1v) is 6.62. The Morgan fingerprint density at radius 1 is 1.00 bits per heavy atom. The van der Waals surface area contributed by atoms with E-state index in [0.717, 1.165) is 25.0 Å². The quantitative estimate of drug-likeness (QED) is 0.860. The molecule has 2 rings (SSSR count). The second-order valence-electron chi connectivity index (χ2n) is 4.80. The van der Waals surface area contributed by atoms with E-state index >= 15 is 0 Å². The van der Waals surface area contributed by atoms with Crippen molar-refractivity contribution in [2.75, 3.05) is 0 Å². The zero-order chi connectivity index (χ0) is 13.7. The Morgan fingerprint density at radius 3 is 2.26 bits per heavy atom. The highest BCUT2D eigenvalue weighted by molar-refractivity contribution is 5.28. The van der Waals surface area contributed by atoms with Gasteiger partial charge in [0, 0.05) is 11.6 Å². The van der Waals surface area contributed by atoms with Crippen molar-refractivity contribution >= 4 is 0 Å². The molecule has 1 aromatic carbocycles. The minimum Gasteiger partial charge on any atom is -0.508 e. The predicted molar refractivity (Wildman–Crippen MR) is 75.4 cm³/mol. The van der Waals surface area contributed by atoms with Gasteiger partial charge in [-0.1, -0.05) is 25.5 Å². The highest BCUT2D eigenvalue weighted by Crippen LogP contribution is 2.25. The molecule has 0 aliphatic heterocycles. The van der Waals surface area contributed by atoms with Gasteiger partial charge in [-0.2, -0.15) is 0 Å². The van der Waals surface area contributed by atoms with E-state index in [-0.39, 0.29) is 5.75 Å². The van der Waals surface area contributed by atoms with Crippen molar-refractivity contribution < 1.29 is 10.2 Å². The summed E-state index contributed by atoms with van der Waals surface area (Å²) < 4.78 is 0. The molecule has 3 heteroatoms. The third-order valence-corrected chi connectivity index (χ3v) is 3.24. The maximum Gasteiger partial charge on any atom is 0.133 e. The monoisotopic (exact) mass is 257 g/mol. The highest BCUT2D eigenvalue weighted by Gasteiger charge is 2.13. The van der Waals surface area contributed by atoms with Crippen LogP contribution in [0.3, 0.4) is 0 Å². The fraction of sp³-hybridized carbons (Fsp3) is 0.312. The minimum atomic E-state index is 0.198. The van der Waals surface area contributed by atoms with Gasteiger partial charge in [0.2, 0.25) is 0 Å². The Kier molecular flexibility index (Phi) is 4.39. The van der Waals surface area contributed by atoms with Crippen molar-refractivity contribution in [2.24, 2.45) is 0 Å². The second kappa shape index (κ2) is 6.23. The maximum absolute atomic E-state index is 9.30. The van der Waals surface area contributed by atoms with Crippen molar-refractivity contribution in [3.8, 4) is 11.5 Å². The van der Waals surface area contributed by atoms with Crippen LogP contribution in [0.25, 0.3) is 0 Å². The van der Waals surface area contributed by atoms with Gasteiger partial charge in [0.1, 0.15) is 11.5 Å². The van der Waals surface area contributed by atoms with Gasteiger partial charge in [-0.25, -0.2) is 0 Å². The molecule has 0 saturated carbocycles. The first kappa shape index (κ1) is 13.4. The van der Waals surface area contributed by atoms with Gasteiger partial charge in [0.25, 0.3) is 0 Å². The van der Waals surface area contributed by atoms with Gasteiger partial charge in [-0.3, -0.25) is 4.98 Å². The Balaban J connectivity index is 2.15. The number of phenols is 1. The van der Waals surface area contributed by atoms with Gasteiger partial charge >= 0.3 is 0 Å². The van der Waals surface area contributed by atoms with Crippen LogP contribution >= 0.6 is 0 Å². The third kappa shape index (κ3) is 3.71. The number of rotatable bonds is 5. The number of benzene rings is 1. The van der Waals surface area contributed by atoms with Crippen LogP contribution in [0.1, 0.15) is 36.9 Å². The van der Waals surface area contributed by atoms with E-state index in [2.05, 4.69) is 11.9 Å². The standard InChI is InChI=1S/C16H19NO2/c1-2-3-13(16-9-8-15(19)11-17-16)10-12-4-6-14(18)7-5-12/h4-9,11,13,18-19H,2-3,10H2,1H3. The molecule has 0 saturated heterocycles. The summed E-state index contributed by atoms with van der Waals surface area (Å²) in [6.07, 6.45) is 4.53. The fourth-order valence-corrected chi connectivity index (χ4v) is 2.26. The van der Waals surface area contributed by atoms with Gasteiger partial charge in [-0.05, 0) is 42.7 Å². The van der Waals surface area contributed by atoms with Crippen molar-refractivity contribution in [1.29, 1.82) is 0 Å². The molecule has 0 aliphatic rings. The van der Waals surface area contributed by atoms with Crippen molar-refractivity contribution in [1.82, 2.24) is 4.98 Å². The van der Waals surface area contributed by atoms with Crippen LogP contribution in [0.2, 0.25) is 0 Å². The third-order valence-electron chi connectivity index (χ3n) is 3.24. The number of pyridine rings is 1. The predicted octanol–water partition coefficient (Wildman–Crippen LogP) is 3.62. The molecule has 0 spiro atoms. The molecule has 1 heterocycles. The molecule has 100 valence electrons. The minimum absolute atomic E-state index is 0.198. The smallest absolute Gasteiger partial charge is 0.133 e. The van der Waals surface area contributed by atoms with Gasteiger partial charge < -0.3 is 10.2 Å². The highest BCUT2D eigenvalue weighted by atomic mass is 16.3. The lowest BCUT2D eigenvalue weighted by molar-refractivity contribution is 0.470. The van der Waals surface area contributed by atoms with Gasteiger partial charge in [0.05, 0.1) is 6.20 Å². The number of phenolic OH excluding ortho intramolecular Hbond substituents is 1. The molecule has 2 N–H and O–H groups in total. The number of nitrogens with zero attached hydrogens (tertiary/aromatic N) is 1. The van der Waals surface area contributed by atoms with Crippen LogP contribution in [0.15, 0.2) is 42.6 Å². The molecule has 1 aromatic heterocycles. The van der Waals surface area contributed by atoms with Crippen molar-refractivity contribution in [3.63, 3.8) is 0 Å².